The Labute approximate surface area is 95.0 Å². The van der Waals surface area contributed by atoms with E-state index in [0.29, 0.717) is 18.8 Å². The zero-order valence-electron chi connectivity index (χ0n) is 9.54. The Morgan fingerprint density at radius 2 is 2.25 bits per heavy atom. The lowest BCUT2D eigenvalue weighted by Crippen LogP contribution is -2.24. The maximum Gasteiger partial charge on any atom is 0.318 e. The molecule has 0 heterocycles. The predicted molar refractivity (Wildman–Crippen MR) is 63.6 cm³/mol. The van der Waals surface area contributed by atoms with Crippen molar-refractivity contribution in [1.82, 2.24) is 5.32 Å². The quantitative estimate of drug-likeness (QED) is 0.720. The Morgan fingerprint density at radius 3 is 2.81 bits per heavy atom. The van der Waals surface area contributed by atoms with E-state index < -0.39 is 0 Å². The maximum atomic E-state index is 11.1. The molecule has 1 rings (SSSR count). The zero-order valence-corrected chi connectivity index (χ0v) is 9.54. The van der Waals surface area contributed by atoms with E-state index in [1.807, 2.05) is 6.92 Å². The van der Waals surface area contributed by atoms with Crippen molar-refractivity contribution < 1.29 is 9.53 Å². The number of urea groups is 1. The molecule has 5 heteroatoms. The van der Waals surface area contributed by atoms with Crippen molar-refractivity contribution in [3.05, 3.63) is 23.8 Å². The van der Waals surface area contributed by atoms with Gasteiger partial charge in [-0.25, -0.2) is 4.79 Å². The second-order valence-electron chi connectivity index (χ2n) is 3.16. The van der Waals surface area contributed by atoms with E-state index in [4.69, 9.17) is 10.5 Å². The molecule has 4 N–H and O–H groups in total. The molecule has 5 nitrogen and oxygen atoms in total. The van der Waals surface area contributed by atoms with Gasteiger partial charge in [0.25, 0.3) is 0 Å². The lowest BCUT2D eigenvalue weighted by molar-refractivity contribution is 0.254. The second kappa shape index (κ2) is 5.97. The summed E-state index contributed by atoms with van der Waals surface area (Å²) in [7, 11) is 1.56. The van der Waals surface area contributed by atoms with Crippen LogP contribution in [-0.2, 0) is 6.54 Å². The number of nitrogens with one attached hydrogen (secondary N) is 2. The van der Waals surface area contributed by atoms with Crippen LogP contribution < -0.4 is 21.1 Å². The Bertz CT molecular complexity index is 366. The van der Waals surface area contributed by atoms with E-state index in [-0.39, 0.29) is 6.03 Å². The standard InChI is InChI=1S/C11H17N3O2/c1-3-16-10-5-4-9(6-8(10)7-12)14-11(15)13-2/h4-6H,3,7,12H2,1-2H3,(H2,13,14,15). The number of rotatable bonds is 4. The van der Waals surface area contributed by atoms with Gasteiger partial charge in [0.05, 0.1) is 6.61 Å². The summed E-state index contributed by atoms with van der Waals surface area (Å²) in [5.74, 6) is 0.757. The van der Waals surface area contributed by atoms with Crippen LogP contribution in [0, 0.1) is 0 Å². The summed E-state index contributed by atoms with van der Waals surface area (Å²) in [6.45, 7) is 2.88. The van der Waals surface area contributed by atoms with Gasteiger partial charge in [-0.1, -0.05) is 0 Å². The van der Waals surface area contributed by atoms with Gasteiger partial charge >= 0.3 is 6.03 Å². The number of hydrogen-bond acceptors (Lipinski definition) is 3. The minimum Gasteiger partial charge on any atom is -0.494 e. The SMILES string of the molecule is CCOc1ccc(NC(=O)NC)cc1CN. The monoisotopic (exact) mass is 223 g/mol. The molecule has 1 aromatic carbocycles. The third-order valence-electron chi connectivity index (χ3n) is 2.07. The molecule has 16 heavy (non-hydrogen) atoms. The Balaban J connectivity index is 2.86. The summed E-state index contributed by atoms with van der Waals surface area (Å²) in [6, 6.07) is 5.13. The van der Waals surface area contributed by atoms with Gasteiger partial charge in [0.1, 0.15) is 5.75 Å². The molecule has 0 atom stereocenters. The van der Waals surface area contributed by atoms with E-state index in [9.17, 15) is 4.79 Å². The Hall–Kier alpha value is -1.75. The highest BCUT2D eigenvalue weighted by atomic mass is 16.5. The normalized spacial score (nSPS) is 9.69. The smallest absolute Gasteiger partial charge is 0.318 e. The first kappa shape index (κ1) is 12.3. The number of amides is 2. The molecule has 0 fully saturated rings. The fourth-order valence-electron chi connectivity index (χ4n) is 1.31. The summed E-state index contributed by atoms with van der Waals surface area (Å²) in [4.78, 5) is 11.1. The van der Waals surface area contributed by atoms with Crippen molar-refractivity contribution in [2.75, 3.05) is 19.0 Å². The topological polar surface area (TPSA) is 76.4 Å². The molecule has 88 valence electrons. The largest absolute Gasteiger partial charge is 0.494 e. The zero-order chi connectivity index (χ0) is 12.0. The van der Waals surface area contributed by atoms with Gasteiger partial charge in [0.15, 0.2) is 0 Å². The molecule has 0 aromatic heterocycles. The van der Waals surface area contributed by atoms with Crippen LogP contribution in [0.15, 0.2) is 18.2 Å². The minimum absolute atomic E-state index is 0.257. The lowest BCUT2D eigenvalue weighted by atomic mass is 10.2. The number of anilines is 1. The molecule has 2 amide bonds. The molecule has 0 spiro atoms. The summed E-state index contributed by atoms with van der Waals surface area (Å²) >= 11 is 0. The number of carbonyl (C=O) groups is 1. The van der Waals surface area contributed by atoms with Crippen molar-refractivity contribution >= 4 is 11.7 Å². The third-order valence-corrected chi connectivity index (χ3v) is 2.07. The first-order valence-corrected chi connectivity index (χ1v) is 5.15. The van der Waals surface area contributed by atoms with Crippen LogP contribution in [0.3, 0.4) is 0 Å². The van der Waals surface area contributed by atoms with Crippen LogP contribution in [0.2, 0.25) is 0 Å². The van der Waals surface area contributed by atoms with E-state index >= 15 is 0 Å². The van der Waals surface area contributed by atoms with Crippen LogP contribution in [0.5, 0.6) is 5.75 Å². The van der Waals surface area contributed by atoms with Gasteiger partial charge in [0, 0.05) is 24.8 Å². The average Bonchev–Trinajstić information content (AvgIpc) is 2.31. The summed E-state index contributed by atoms with van der Waals surface area (Å²) in [5.41, 5.74) is 7.17. The van der Waals surface area contributed by atoms with Crippen molar-refractivity contribution in [2.45, 2.75) is 13.5 Å². The maximum absolute atomic E-state index is 11.1. The van der Waals surface area contributed by atoms with Gasteiger partial charge in [-0.3, -0.25) is 0 Å². The lowest BCUT2D eigenvalue weighted by Gasteiger charge is -2.11. The van der Waals surface area contributed by atoms with E-state index in [1.165, 1.54) is 0 Å². The van der Waals surface area contributed by atoms with Crippen LogP contribution >= 0.6 is 0 Å². The number of hydrogen-bond donors (Lipinski definition) is 3. The number of ether oxygens (including phenoxy) is 1. The molecule has 0 unspecified atom stereocenters. The Morgan fingerprint density at radius 1 is 1.50 bits per heavy atom. The van der Waals surface area contributed by atoms with E-state index in [2.05, 4.69) is 10.6 Å². The molecule has 0 bridgehead atoms. The van der Waals surface area contributed by atoms with Crippen molar-refractivity contribution in [3.63, 3.8) is 0 Å². The highest BCUT2D eigenvalue weighted by Gasteiger charge is 2.05. The van der Waals surface area contributed by atoms with Gasteiger partial charge in [0.2, 0.25) is 0 Å². The van der Waals surface area contributed by atoms with Gasteiger partial charge in [-0.15, -0.1) is 0 Å². The molecule has 1 aromatic rings. The van der Waals surface area contributed by atoms with Crippen molar-refractivity contribution in [1.29, 1.82) is 0 Å². The third kappa shape index (κ3) is 3.13. The first-order chi connectivity index (χ1) is 7.71. The van der Waals surface area contributed by atoms with Crippen LogP contribution in [0.25, 0.3) is 0 Å². The summed E-state index contributed by atoms with van der Waals surface area (Å²) in [6.07, 6.45) is 0. The number of nitrogens with two attached hydrogens (primary N) is 1. The molecular weight excluding hydrogens is 206 g/mol. The fraction of sp³-hybridized carbons (Fsp3) is 0.364. The van der Waals surface area contributed by atoms with Crippen LogP contribution in [0.4, 0.5) is 10.5 Å². The van der Waals surface area contributed by atoms with Crippen molar-refractivity contribution in [2.24, 2.45) is 5.73 Å². The van der Waals surface area contributed by atoms with E-state index in [0.717, 1.165) is 11.3 Å². The molecule has 0 aliphatic rings. The molecule has 0 saturated carbocycles. The van der Waals surface area contributed by atoms with Crippen molar-refractivity contribution in [3.8, 4) is 5.75 Å². The summed E-state index contributed by atoms with van der Waals surface area (Å²) in [5, 5.41) is 5.15. The fourth-order valence-corrected chi connectivity index (χ4v) is 1.31. The number of benzene rings is 1. The highest BCUT2D eigenvalue weighted by molar-refractivity contribution is 5.89. The average molecular weight is 223 g/mol. The first-order valence-electron chi connectivity index (χ1n) is 5.15. The van der Waals surface area contributed by atoms with Gasteiger partial charge in [-0.05, 0) is 25.1 Å². The summed E-state index contributed by atoms with van der Waals surface area (Å²) < 4.78 is 5.41. The van der Waals surface area contributed by atoms with Gasteiger partial charge in [-0.2, -0.15) is 0 Å². The number of carbonyl (C=O) groups excluding carboxylic acids is 1. The molecule has 0 aliphatic carbocycles. The molecule has 0 saturated heterocycles. The molecule has 0 radical (unpaired) electrons. The highest BCUT2D eigenvalue weighted by Crippen LogP contribution is 2.22. The Kier molecular flexibility index (Phi) is 4.60. The van der Waals surface area contributed by atoms with Crippen LogP contribution in [-0.4, -0.2) is 19.7 Å². The van der Waals surface area contributed by atoms with Crippen LogP contribution in [0.1, 0.15) is 12.5 Å². The molecule has 0 aliphatic heterocycles. The minimum atomic E-state index is -0.257. The van der Waals surface area contributed by atoms with Gasteiger partial charge < -0.3 is 21.1 Å². The molecular formula is C11H17N3O2. The second-order valence-corrected chi connectivity index (χ2v) is 3.16. The predicted octanol–water partition coefficient (Wildman–Crippen LogP) is 1.30. The van der Waals surface area contributed by atoms with E-state index in [1.54, 1.807) is 25.2 Å².